The van der Waals surface area contributed by atoms with E-state index in [9.17, 15) is 18.0 Å². The van der Waals surface area contributed by atoms with Gasteiger partial charge in [-0.1, -0.05) is 6.07 Å². The van der Waals surface area contributed by atoms with Gasteiger partial charge < -0.3 is 14.4 Å². The summed E-state index contributed by atoms with van der Waals surface area (Å²) in [6.45, 7) is 1.68. The average molecular weight is 382 g/mol. The number of hydrogen-bond donors (Lipinski definition) is 0. The Morgan fingerprint density at radius 3 is 2.54 bits per heavy atom. The van der Waals surface area contributed by atoms with E-state index in [1.54, 1.807) is 4.90 Å². The van der Waals surface area contributed by atoms with Gasteiger partial charge in [-0.3, -0.25) is 4.79 Å². The lowest BCUT2D eigenvalue weighted by Crippen LogP contribution is -2.52. The second kappa shape index (κ2) is 7.73. The van der Waals surface area contributed by atoms with Gasteiger partial charge in [0.25, 0.3) is 5.91 Å². The summed E-state index contributed by atoms with van der Waals surface area (Å²) in [6.07, 6.45) is 1.20. The molecule has 2 heterocycles. The summed E-state index contributed by atoms with van der Waals surface area (Å²) in [7, 11) is -2.49. The smallest absolute Gasteiger partial charge is 0.337 e. The number of piperazine rings is 1. The zero-order valence-electron chi connectivity index (χ0n) is 14.6. The van der Waals surface area contributed by atoms with E-state index in [4.69, 9.17) is 4.74 Å². The van der Waals surface area contributed by atoms with Gasteiger partial charge in [-0.05, 0) is 31.0 Å². The molecule has 0 aromatic heterocycles. The van der Waals surface area contributed by atoms with E-state index in [0.717, 1.165) is 12.8 Å². The van der Waals surface area contributed by atoms with Gasteiger partial charge >= 0.3 is 5.97 Å². The van der Waals surface area contributed by atoms with Crippen LogP contribution in [0.25, 0.3) is 0 Å². The van der Waals surface area contributed by atoms with E-state index in [0.29, 0.717) is 19.7 Å². The molecule has 1 aromatic rings. The van der Waals surface area contributed by atoms with Crippen molar-refractivity contribution in [2.24, 2.45) is 0 Å². The van der Waals surface area contributed by atoms with Gasteiger partial charge in [-0.15, -0.1) is 0 Å². The molecule has 0 aliphatic carbocycles. The maximum absolute atomic E-state index is 12.8. The van der Waals surface area contributed by atoms with Crippen molar-refractivity contribution in [2.45, 2.75) is 23.8 Å². The van der Waals surface area contributed by atoms with Crippen LogP contribution < -0.4 is 0 Å². The molecule has 142 valence electrons. The van der Waals surface area contributed by atoms with Crippen LogP contribution in [0, 0.1) is 0 Å². The van der Waals surface area contributed by atoms with Crippen LogP contribution >= 0.6 is 0 Å². The average Bonchev–Trinajstić information content (AvgIpc) is 3.21. The molecule has 2 aliphatic rings. The van der Waals surface area contributed by atoms with E-state index in [2.05, 4.69) is 4.74 Å². The minimum Gasteiger partial charge on any atom is -0.465 e. The molecule has 1 aromatic carbocycles. The number of ether oxygens (including phenoxy) is 2. The lowest BCUT2D eigenvalue weighted by atomic mass is 10.2. The summed E-state index contributed by atoms with van der Waals surface area (Å²) < 4.78 is 37.0. The van der Waals surface area contributed by atoms with Crippen molar-refractivity contribution in [1.29, 1.82) is 0 Å². The molecule has 2 saturated heterocycles. The van der Waals surface area contributed by atoms with Gasteiger partial charge in [0.1, 0.15) is 6.10 Å². The van der Waals surface area contributed by atoms with Crippen LogP contribution in [0.2, 0.25) is 0 Å². The molecule has 1 unspecified atom stereocenters. The number of benzene rings is 1. The lowest BCUT2D eigenvalue weighted by Gasteiger charge is -2.35. The number of esters is 1. The number of sulfonamides is 1. The number of methoxy groups -OCH3 is 1. The predicted octanol–water partition coefficient (Wildman–Crippen LogP) is 0.485. The van der Waals surface area contributed by atoms with Crippen molar-refractivity contribution >= 4 is 21.9 Å². The fraction of sp³-hybridized carbons (Fsp3) is 0.529. The van der Waals surface area contributed by atoms with Crippen LogP contribution in [0.15, 0.2) is 29.2 Å². The number of rotatable bonds is 4. The Labute approximate surface area is 152 Å². The van der Waals surface area contributed by atoms with E-state index in [-0.39, 0.29) is 29.5 Å². The molecule has 0 N–H and O–H groups in total. The third-order valence-electron chi connectivity index (χ3n) is 4.65. The first kappa shape index (κ1) is 18.8. The van der Waals surface area contributed by atoms with E-state index < -0.39 is 22.1 Å². The van der Waals surface area contributed by atoms with Gasteiger partial charge in [0.15, 0.2) is 0 Å². The Bertz CT molecular complexity index is 780. The fourth-order valence-corrected chi connectivity index (χ4v) is 4.64. The van der Waals surface area contributed by atoms with Crippen LogP contribution in [-0.2, 0) is 24.3 Å². The van der Waals surface area contributed by atoms with Crippen LogP contribution in [0.4, 0.5) is 0 Å². The van der Waals surface area contributed by atoms with Gasteiger partial charge in [0, 0.05) is 32.8 Å². The largest absolute Gasteiger partial charge is 0.465 e. The van der Waals surface area contributed by atoms with Crippen molar-refractivity contribution in [3.05, 3.63) is 29.8 Å². The zero-order valence-corrected chi connectivity index (χ0v) is 15.4. The molecule has 2 fully saturated rings. The molecule has 1 atom stereocenters. The summed E-state index contributed by atoms with van der Waals surface area (Å²) in [4.78, 5) is 25.7. The molecule has 1 amide bonds. The molecule has 3 rings (SSSR count). The second-order valence-electron chi connectivity index (χ2n) is 6.25. The Balaban J connectivity index is 1.68. The van der Waals surface area contributed by atoms with Crippen molar-refractivity contribution in [3.8, 4) is 0 Å². The lowest BCUT2D eigenvalue weighted by molar-refractivity contribution is -0.142. The maximum atomic E-state index is 12.8. The topological polar surface area (TPSA) is 93.2 Å². The van der Waals surface area contributed by atoms with Crippen LogP contribution in [0.1, 0.15) is 23.2 Å². The highest BCUT2D eigenvalue weighted by Gasteiger charge is 2.34. The minimum atomic E-state index is -3.74. The number of nitrogens with zero attached hydrogens (tertiary/aromatic N) is 2. The first-order chi connectivity index (χ1) is 12.4. The standard InChI is InChI=1S/C17H22N2O6S/c1-24-17(21)13-4-2-5-14(12-13)26(22,23)19-9-7-18(8-10-19)16(20)15-6-3-11-25-15/h2,4-5,12,15H,3,6-11H2,1H3. The van der Waals surface area contributed by atoms with Crippen molar-refractivity contribution in [3.63, 3.8) is 0 Å². The Morgan fingerprint density at radius 2 is 1.92 bits per heavy atom. The normalized spacial score (nSPS) is 21.6. The van der Waals surface area contributed by atoms with Gasteiger partial charge in [-0.25, -0.2) is 13.2 Å². The SMILES string of the molecule is COC(=O)c1cccc(S(=O)(=O)N2CCN(C(=O)C3CCCO3)CC2)c1. The molecule has 0 radical (unpaired) electrons. The van der Waals surface area contributed by atoms with E-state index in [1.165, 1.54) is 35.7 Å². The monoisotopic (exact) mass is 382 g/mol. The first-order valence-electron chi connectivity index (χ1n) is 8.52. The number of carbonyl (C=O) groups is 2. The van der Waals surface area contributed by atoms with Crippen molar-refractivity contribution in [2.75, 3.05) is 39.9 Å². The molecule has 8 nitrogen and oxygen atoms in total. The third kappa shape index (κ3) is 3.74. The molecule has 0 spiro atoms. The van der Waals surface area contributed by atoms with Gasteiger partial charge in [0.2, 0.25) is 10.0 Å². The van der Waals surface area contributed by atoms with Crippen LogP contribution in [0.5, 0.6) is 0 Å². The van der Waals surface area contributed by atoms with Gasteiger partial charge in [-0.2, -0.15) is 4.31 Å². The van der Waals surface area contributed by atoms with E-state index >= 15 is 0 Å². The number of carbonyl (C=O) groups excluding carboxylic acids is 2. The van der Waals surface area contributed by atoms with Gasteiger partial charge in [0.05, 0.1) is 17.6 Å². The van der Waals surface area contributed by atoms with Crippen molar-refractivity contribution < 1.29 is 27.5 Å². The maximum Gasteiger partial charge on any atom is 0.337 e. The second-order valence-corrected chi connectivity index (χ2v) is 8.19. The molecule has 0 bridgehead atoms. The minimum absolute atomic E-state index is 0.0410. The molecule has 26 heavy (non-hydrogen) atoms. The molecule has 9 heteroatoms. The number of amides is 1. The summed E-state index contributed by atoms with van der Waals surface area (Å²) in [5.74, 6) is -0.652. The summed E-state index contributed by atoms with van der Waals surface area (Å²) >= 11 is 0. The van der Waals surface area contributed by atoms with Crippen LogP contribution in [-0.4, -0.2) is 75.5 Å². The van der Waals surface area contributed by atoms with Crippen molar-refractivity contribution in [1.82, 2.24) is 9.21 Å². The predicted molar refractivity (Wildman–Crippen MR) is 92.1 cm³/mol. The molecule has 0 saturated carbocycles. The highest BCUT2D eigenvalue weighted by Crippen LogP contribution is 2.21. The number of hydrogen-bond acceptors (Lipinski definition) is 6. The Hall–Kier alpha value is -1.97. The first-order valence-corrected chi connectivity index (χ1v) is 9.96. The molecular weight excluding hydrogens is 360 g/mol. The quantitative estimate of drug-likeness (QED) is 0.704. The third-order valence-corrected chi connectivity index (χ3v) is 6.54. The highest BCUT2D eigenvalue weighted by molar-refractivity contribution is 7.89. The molecular formula is C17H22N2O6S. The zero-order chi connectivity index (χ0) is 18.7. The fourth-order valence-electron chi connectivity index (χ4n) is 3.18. The highest BCUT2D eigenvalue weighted by atomic mass is 32.2. The Morgan fingerprint density at radius 1 is 1.19 bits per heavy atom. The Kier molecular flexibility index (Phi) is 5.59. The summed E-state index contributed by atoms with van der Waals surface area (Å²) in [6, 6.07) is 5.77. The molecule has 2 aliphatic heterocycles. The van der Waals surface area contributed by atoms with Crippen LogP contribution in [0.3, 0.4) is 0 Å². The van der Waals surface area contributed by atoms with E-state index in [1.807, 2.05) is 0 Å². The summed E-state index contributed by atoms with van der Waals surface area (Å²) in [5.41, 5.74) is 0.181. The summed E-state index contributed by atoms with van der Waals surface area (Å²) in [5, 5.41) is 0.